The smallest absolute Gasteiger partial charge is 0.162 e. The lowest BCUT2D eigenvalue weighted by Gasteiger charge is -2.22. The van der Waals surface area contributed by atoms with Crippen LogP contribution in [0.2, 0.25) is 0 Å². The Bertz CT molecular complexity index is 165. The quantitative estimate of drug-likeness (QED) is 0.654. The van der Waals surface area contributed by atoms with Crippen molar-refractivity contribution in [2.45, 2.75) is 38.2 Å². The molecule has 1 atom stereocenters. The number of carbonyl (C=O) groups excluding carboxylic acids is 1. The normalized spacial score (nSPS) is 22.2. The maximum Gasteiger partial charge on any atom is 0.162 e. The van der Waals surface area contributed by atoms with Gasteiger partial charge in [0.05, 0.1) is 6.61 Å². The zero-order valence-corrected chi connectivity index (χ0v) is 8.76. The van der Waals surface area contributed by atoms with Gasteiger partial charge in [-0.25, -0.2) is 0 Å². The summed E-state index contributed by atoms with van der Waals surface area (Å²) >= 11 is 0. The molecule has 1 rings (SSSR count). The number of Topliss-reactive ketones (excluding diaryl/α,β-unsaturated/α-hetero) is 1. The second kappa shape index (κ2) is 6.96. The van der Waals surface area contributed by atoms with Gasteiger partial charge < -0.3 is 10.1 Å². The monoisotopic (exact) mass is 198 g/mol. The molecule has 3 heteroatoms. The van der Waals surface area contributed by atoms with Crippen LogP contribution < -0.4 is 5.32 Å². The molecule has 14 heavy (non-hydrogen) atoms. The van der Waals surface area contributed by atoms with Crippen LogP contribution in [0.4, 0.5) is 0 Å². The van der Waals surface area contributed by atoms with Gasteiger partial charge in [0.15, 0.2) is 5.78 Å². The van der Waals surface area contributed by atoms with Crippen LogP contribution in [0.5, 0.6) is 0 Å². The van der Waals surface area contributed by atoms with Crippen LogP contribution in [0.25, 0.3) is 0 Å². The number of hydrogen-bond donors (Lipinski definition) is 1. The van der Waals surface area contributed by atoms with Crippen molar-refractivity contribution in [3.63, 3.8) is 0 Å². The lowest BCUT2D eigenvalue weighted by molar-refractivity contribution is -0.132. The number of ether oxygens (including phenoxy) is 1. The Morgan fingerprint density at radius 2 is 2.29 bits per heavy atom. The van der Waals surface area contributed by atoms with Crippen molar-refractivity contribution in [3.8, 4) is 0 Å². The van der Waals surface area contributed by atoms with Gasteiger partial charge >= 0.3 is 0 Å². The van der Waals surface area contributed by atoms with E-state index in [9.17, 15) is 4.79 Å². The van der Waals surface area contributed by atoms with Gasteiger partial charge in [-0.05, 0) is 6.42 Å². The molecule has 1 heterocycles. The van der Waals surface area contributed by atoms with E-state index < -0.39 is 0 Å². The number of hydrogen-bond acceptors (Lipinski definition) is 3. The van der Waals surface area contributed by atoms with E-state index in [0.29, 0.717) is 19.6 Å². The first-order valence-corrected chi connectivity index (χ1v) is 5.49. The van der Waals surface area contributed by atoms with E-state index in [1.54, 1.807) is 0 Å². The summed E-state index contributed by atoms with van der Waals surface area (Å²) in [5, 5.41) is 3.16. The lowest BCUT2D eigenvalue weighted by Crippen LogP contribution is -2.43. The molecule has 0 aromatic rings. The molecule has 0 amide bonds. The lowest BCUT2D eigenvalue weighted by atomic mass is 10.1. The van der Waals surface area contributed by atoms with Crippen molar-refractivity contribution in [1.29, 1.82) is 0 Å². The predicted octanol–water partition coefficient (Wildman–Crippen LogP) is 1.33. The molecule has 3 nitrogen and oxygen atoms in total. The Morgan fingerprint density at radius 3 is 2.93 bits per heavy atom. The molecule has 0 aromatic carbocycles. The van der Waals surface area contributed by atoms with E-state index in [2.05, 4.69) is 12.2 Å². The van der Waals surface area contributed by atoms with E-state index in [1.807, 2.05) is 0 Å². The highest BCUT2D eigenvalue weighted by molar-refractivity contribution is 5.83. The maximum absolute atomic E-state index is 11.6. The summed E-state index contributed by atoms with van der Waals surface area (Å²) in [5.74, 6) is 0.251. The summed E-state index contributed by atoms with van der Waals surface area (Å²) in [6.45, 7) is 5.99. The fourth-order valence-electron chi connectivity index (χ4n) is 1.59. The van der Waals surface area contributed by atoms with E-state index in [4.69, 9.17) is 4.74 Å². The highest BCUT2D eigenvalue weighted by Gasteiger charge is 2.20. The Morgan fingerprint density at radius 1 is 1.43 bits per heavy atom. The standard InChI is InChI=1S/C11H20NO2/c1-2-3-4-5-6-10(13)11-9-12-7-8-14-11/h11-12H,1-9H2. The van der Waals surface area contributed by atoms with Crippen molar-refractivity contribution in [3.05, 3.63) is 6.92 Å². The van der Waals surface area contributed by atoms with E-state index in [0.717, 1.165) is 32.2 Å². The summed E-state index contributed by atoms with van der Waals surface area (Å²) < 4.78 is 5.37. The second-order valence-electron chi connectivity index (χ2n) is 3.69. The molecule has 0 aromatic heterocycles. The number of carbonyl (C=O) groups is 1. The van der Waals surface area contributed by atoms with Gasteiger partial charge in [-0.3, -0.25) is 4.79 Å². The van der Waals surface area contributed by atoms with Gasteiger partial charge in [0.25, 0.3) is 0 Å². The van der Waals surface area contributed by atoms with Crippen LogP contribution in [0.3, 0.4) is 0 Å². The summed E-state index contributed by atoms with van der Waals surface area (Å²) in [4.78, 5) is 11.6. The first kappa shape index (κ1) is 11.7. The molecular weight excluding hydrogens is 178 g/mol. The summed E-state index contributed by atoms with van der Waals surface area (Å²) in [7, 11) is 0. The largest absolute Gasteiger partial charge is 0.368 e. The Balaban J connectivity index is 2.07. The van der Waals surface area contributed by atoms with Crippen molar-refractivity contribution in [2.75, 3.05) is 19.7 Å². The van der Waals surface area contributed by atoms with Crippen molar-refractivity contribution in [1.82, 2.24) is 5.32 Å². The van der Waals surface area contributed by atoms with E-state index in [-0.39, 0.29) is 11.9 Å². The Labute approximate surface area is 86.2 Å². The third-order valence-electron chi connectivity index (χ3n) is 2.46. The molecule has 0 aliphatic carbocycles. The molecule has 1 fully saturated rings. The average molecular weight is 198 g/mol. The SMILES string of the molecule is [CH2]CCCCCC(=O)C1CNCCO1. The van der Waals surface area contributed by atoms with Crippen molar-refractivity contribution in [2.24, 2.45) is 0 Å². The first-order valence-electron chi connectivity index (χ1n) is 5.49. The van der Waals surface area contributed by atoms with Crippen molar-refractivity contribution >= 4 is 5.78 Å². The molecule has 1 aliphatic rings. The number of ketones is 1. The molecule has 81 valence electrons. The van der Waals surface area contributed by atoms with Gasteiger partial charge in [-0.15, -0.1) is 0 Å². The van der Waals surface area contributed by atoms with Gasteiger partial charge in [-0.2, -0.15) is 0 Å². The number of nitrogens with one attached hydrogen (secondary N) is 1. The summed E-state index contributed by atoms with van der Waals surface area (Å²) in [6, 6.07) is 0. The Hall–Kier alpha value is -0.410. The molecule has 0 spiro atoms. The topological polar surface area (TPSA) is 38.3 Å². The van der Waals surface area contributed by atoms with Gasteiger partial charge in [0.1, 0.15) is 6.10 Å². The van der Waals surface area contributed by atoms with Crippen LogP contribution >= 0.6 is 0 Å². The van der Waals surface area contributed by atoms with Gasteiger partial charge in [0.2, 0.25) is 0 Å². The summed E-state index contributed by atoms with van der Waals surface area (Å²) in [6.07, 6.45) is 4.64. The minimum atomic E-state index is -0.191. The third kappa shape index (κ3) is 4.20. The zero-order valence-electron chi connectivity index (χ0n) is 8.76. The molecule has 1 saturated heterocycles. The van der Waals surface area contributed by atoms with Crippen molar-refractivity contribution < 1.29 is 9.53 Å². The first-order chi connectivity index (χ1) is 6.84. The van der Waals surface area contributed by atoms with Gasteiger partial charge in [-0.1, -0.05) is 26.2 Å². The fraction of sp³-hybridized carbons (Fsp3) is 0.818. The van der Waals surface area contributed by atoms with Crippen LogP contribution in [0.15, 0.2) is 0 Å². The number of morpholine rings is 1. The molecule has 1 unspecified atom stereocenters. The molecular formula is C11H20NO2. The van der Waals surface area contributed by atoms with Gasteiger partial charge in [0, 0.05) is 19.5 Å². The minimum absolute atomic E-state index is 0.191. The highest BCUT2D eigenvalue weighted by atomic mass is 16.5. The highest BCUT2D eigenvalue weighted by Crippen LogP contribution is 2.07. The molecule has 1 N–H and O–H groups in total. The van der Waals surface area contributed by atoms with E-state index >= 15 is 0 Å². The molecule has 1 radical (unpaired) electrons. The maximum atomic E-state index is 11.6. The minimum Gasteiger partial charge on any atom is -0.368 e. The Kier molecular flexibility index (Phi) is 5.80. The summed E-state index contributed by atoms with van der Waals surface area (Å²) in [5.41, 5.74) is 0. The third-order valence-corrected chi connectivity index (χ3v) is 2.46. The van der Waals surface area contributed by atoms with Crippen LogP contribution in [-0.2, 0) is 9.53 Å². The molecule has 0 saturated carbocycles. The second-order valence-corrected chi connectivity index (χ2v) is 3.69. The predicted molar refractivity (Wildman–Crippen MR) is 56.1 cm³/mol. The molecule has 0 bridgehead atoms. The van der Waals surface area contributed by atoms with Crippen LogP contribution in [-0.4, -0.2) is 31.6 Å². The fourth-order valence-corrected chi connectivity index (χ4v) is 1.59. The molecule has 1 aliphatic heterocycles. The average Bonchev–Trinajstić information content (AvgIpc) is 2.25. The number of rotatable bonds is 6. The van der Waals surface area contributed by atoms with Crippen LogP contribution in [0.1, 0.15) is 32.1 Å². The number of unbranched alkanes of at least 4 members (excludes halogenated alkanes) is 3. The zero-order chi connectivity index (χ0) is 10.2. The van der Waals surface area contributed by atoms with Crippen LogP contribution in [0, 0.1) is 6.92 Å². The van der Waals surface area contributed by atoms with E-state index in [1.165, 1.54) is 0 Å².